The molecule has 3 aromatic rings. The molecule has 0 bridgehead atoms. The summed E-state index contributed by atoms with van der Waals surface area (Å²) in [5.74, 6) is 0.341. The minimum absolute atomic E-state index is 0.158. The van der Waals surface area contributed by atoms with Gasteiger partial charge in [-0.3, -0.25) is 9.10 Å². The zero-order valence-electron chi connectivity index (χ0n) is 17.6. The van der Waals surface area contributed by atoms with Gasteiger partial charge in [0.15, 0.2) is 0 Å². The molecule has 0 aliphatic rings. The van der Waals surface area contributed by atoms with Crippen molar-refractivity contribution in [3.63, 3.8) is 0 Å². The maximum Gasteiger partial charge on any atom is 0.264 e. The van der Waals surface area contributed by atoms with Crippen molar-refractivity contribution in [3.05, 3.63) is 84.4 Å². The fraction of sp³-hybridized carbons (Fsp3) is 0.208. The molecular formula is C24H26N2O4S. The largest absolute Gasteiger partial charge is 0.494 e. The summed E-state index contributed by atoms with van der Waals surface area (Å²) in [6, 6.07) is 22.1. The van der Waals surface area contributed by atoms with E-state index in [4.69, 9.17) is 4.74 Å². The van der Waals surface area contributed by atoms with Gasteiger partial charge in [-0.05, 0) is 67.9 Å². The van der Waals surface area contributed by atoms with Gasteiger partial charge in [0, 0.05) is 17.8 Å². The van der Waals surface area contributed by atoms with Gasteiger partial charge >= 0.3 is 0 Å². The molecule has 162 valence electrons. The van der Waals surface area contributed by atoms with E-state index in [9.17, 15) is 13.2 Å². The van der Waals surface area contributed by atoms with Crippen molar-refractivity contribution in [2.24, 2.45) is 0 Å². The van der Waals surface area contributed by atoms with E-state index in [-0.39, 0.29) is 10.8 Å². The normalized spacial score (nSPS) is 11.0. The van der Waals surface area contributed by atoms with Gasteiger partial charge in [0.05, 0.1) is 17.2 Å². The van der Waals surface area contributed by atoms with Gasteiger partial charge in [-0.25, -0.2) is 8.42 Å². The lowest BCUT2D eigenvalue weighted by Crippen LogP contribution is -2.30. The number of nitrogens with zero attached hydrogens (tertiary/aromatic N) is 1. The van der Waals surface area contributed by atoms with E-state index in [1.54, 1.807) is 67.6 Å². The van der Waals surface area contributed by atoms with E-state index < -0.39 is 10.0 Å². The van der Waals surface area contributed by atoms with Crippen molar-refractivity contribution in [2.45, 2.75) is 25.2 Å². The number of hydrogen-bond donors (Lipinski definition) is 1. The second-order valence-corrected chi connectivity index (χ2v) is 8.72. The van der Waals surface area contributed by atoms with Gasteiger partial charge in [0.1, 0.15) is 5.75 Å². The zero-order chi connectivity index (χ0) is 22.3. The van der Waals surface area contributed by atoms with E-state index in [1.165, 1.54) is 16.4 Å². The molecule has 0 aliphatic heterocycles. The highest BCUT2D eigenvalue weighted by atomic mass is 32.2. The molecule has 0 saturated carbocycles. The van der Waals surface area contributed by atoms with Crippen LogP contribution >= 0.6 is 0 Å². The first kappa shape index (κ1) is 22.4. The van der Waals surface area contributed by atoms with Gasteiger partial charge in [-0.1, -0.05) is 31.2 Å². The first-order chi connectivity index (χ1) is 15.0. The molecule has 0 aromatic heterocycles. The molecular weight excluding hydrogens is 412 g/mol. The Morgan fingerprint density at radius 3 is 2.29 bits per heavy atom. The van der Waals surface area contributed by atoms with Gasteiger partial charge < -0.3 is 10.1 Å². The van der Waals surface area contributed by atoms with E-state index in [0.717, 1.165) is 6.42 Å². The highest BCUT2D eigenvalue weighted by molar-refractivity contribution is 7.92. The molecule has 7 heteroatoms. The third kappa shape index (κ3) is 5.44. The van der Waals surface area contributed by atoms with Crippen LogP contribution in [0.5, 0.6) is 5.75 Å². The Morgan fingerprint density at radius 2 is 1.65 bits per heavy atom. The average Bonchev–Trinajstić information content (AvgIpc) is 2.79. The van der Waals surface area contributed by atoms with Gasteiger partial charge in [0.2, 0.25) is 0 Å². The van der Waals surface area contributed by atoms with Crippen LogP contribution in [-0.2, 0) is 10.0 Å². The molecule has 6 nitrogen and oxygen atoms in total. The number of para-hydroxylation sites is 1. The number of rotatable bonds is 9. The highest BCUT2D eigenvalue weighted by Crippen LogP contribution is 2.24. The van der Waals surface area contributed by atoms with Crippen molar-refractivity contribution in [2.75, 3.05) is 22.8 Å². The maximum atomic E-state index is 13.1. The number of hydrogen-bond acceptors (Lipinski definition) is 4. The number of benzene rings is 3. The molecule has 0 heterocycles. The van der Waals surface area contributed by atoms with Crippen LogP contribution in [0.25, 0.3) is 0 Å². The third-order valence-corrected chi connectivity index (χ3v) is 6.52. The molecule has 3 aromatic carbocycles. The predicted octanol–water partition coefficient (Wildman–Crippen LogP) is 4.94. The van der Waals surface area contributed by atoms with E-state index in [2.05, 4.69) is 5.32 Å². The summed E-state index contributed by atoms with van der Waals surface area (Å²) in [6.07, 6.45) is 0.880. The second kappa shape index (κ2) is 10.1. The number of anilines is 2. The Kier molecular flexibility index (Phi) is 7.31. The lowest BCUT2D eigenvalue weighted by Gasteiger charge is -2.23. The summed E-state index contributed by atoms with van der Waals surface area (Å²) in [6.45, 7) is 4.69. The van der Waals surface area contributed by atoms with Crippen molar-refractivity contribution in [1.82, 2.24) is 0 Å². The van der Waals surface area contributed by atoms with E-state index in [0.29, 0.717) is 35.8 Å². The van der Waals surface area contributed by atoms with Gasteiger partial charge in [-0.2, -0.15) is 0 Å². The maximum absolute atomic E-state index is 13.1. The van der Waals surface area contributed by atoms with Crippen molar-refractivity contribution < 1.29 is 17.9 Å². The number of sulfonamides is 1. The summed E-state index contributed by atoms with van der Waals surface area (Å²) >= 11 is 0. The summed E-state index contributed by atoms with van der Waals surface area (Å²) in [4.78, 5) is 12.7. The summed E-state index contributed by atoms with van der Waals surface area (Å²) < 4.78 is 33.1. The number of nitrogens with one attached hydrogen (secondary N) is 1. The van der Waals surface area contributed by atoms with Crippen LogP contribution in [0.1, 0.15) is 30.6 Å². The first-order valence-corrected chi connectivity index (χ1v) is 11.6. The Bertz CT molecular complexity index is 1110. The lowest BCUT2D eigenvalue weighted by molar-refractivity contribution is 0.102. The number of amides is 1. The van der Waals surface area contributed by atoms with Crippen LogP contribution in [0, 0.1) is 0 Å². The molecule has 3 rings (SSSR count). The molecule has 0 saturated heterocycles. The number of carbonyl (C=O) groups excluding carboxylic acids is 1. The van der Waals surface area contributed by atoms with Crippen LogP contribution in [0.2, 0.25) is 0 Å². The molecule has 1 N–H and O–H groups in total. The van der Waals surface area contributed by atoms with Gasteiger partial charge in [0.25, 0.3) is 15.9 Å². The van der Waals surface area contributed by atoms with Crippen LogP contribution < -0.4 is 14.4 Å². The van der Waals surface area contributed by atoms with Gasteiger partial charge in [-0.15, -0.1) is 0 Å². The molecule has 0 radical (unpaired) electrons. The number of carbonyl (C=O) groups is 1. The Morgan fingerprint density at radius 1 is 0.935 bits per heavy atom. The SMILES string of the molecule is CCCOc1cccc(C(=O)Nc2ccc(S(=O)(=O)N(CC)c3ccccc3)cc2)c1. The molecule has 0 aliphatic carbocycles. The smallest absolute Gasteiger partial charge is 0.264 e. The lowest BCUT2D eigenvalue weighted by atomic mass is 10.2. The van der Waals surface area contributed by atoms with Crippen molar-refractivity contribution in [1.29, 1.82) is 0 Å². The molecule has 0 unspecified atom stereocenters. The average molecular weight is 439 g/mol. The monoisotopic (exact) mass is 438 g/mol. The van der Waals surface area contributed by atoms with Crippen LogP contribution in [0.15, 0.2) is 83.8 Å². The molecule has 31 heavy (non-hydrogen) atoms. The zero-order valence-corrected chi connectivity index (χ0v) is 18.4. The highest BCUT2D eigenvalue weighted by Gasteiger charge is 2.23. The summed E-state index contributed by atoms with van der Waals surface area (Å²) in [5.41, 5.74) is 1.57. The quantitative estimate of drug-likeness (QED) is 0.513. The van der Waals surface area contributed by atoms with Crippen LogP contribution in [0.4, 0.5) is 11.4 Å². The number of ether oxygens (including phenoxy) is 1. The molecule has 0 fully saturated rings. The fourth-order valence-electron chi connectivity index (χ4n) is 3.07. The minimum atomic E-state index is -3.71. The fourth-order valence-corrected chi connectivity index (χ4v) is 4.55. The van der Waals surface area contributed by atoms with Crippen LogP contribution in [0.3, 0.4) is 0 Å². The standard InChI is InChI=1S/C24H26N2O4S/c1-3-17-30-22-12-8-9-19(18-22)24(27)25-20-13-15-23(16-14-20)31(28,29)26(4-2)21-10-6-5-7-11-21/h5-16,18H,3-4,17H2,1-2H3,(H,25,27). The Labute approximate surface area is 183 Å². The van der Waals surface area contributed by atoms with E-state index >= 15 is 0 Å². The topological polar surface area (TPSA) is 75.7 Å². The third-order valence-electron chi connectivity index (χ3n) is 4.60. The predicted molar refractivity (Wildman–Crippen MR) is 123 cm³/mol. The summed E-state index contributed by atoms with van der Waals surface area (Å²) in [7, 11) is -3.71. The summed E-state index contributed by atoms with van der Waals surface area (Å²) in [5, 5.41) is 2.79. The van der Waals surface area contributed by atoms with Crippen molar-refractivity contribution in [3.8, 4) is 5.75 Å². The van der Waals surface area contributed by atoms with Crippen LogP contribution in [-0.4, -0.2) is 27.5 Å². The first-order valence-electron chi connectivity index (χ1n) is 10.2. The minimum Gasteiger partial charge on any atom is -0.494 e. The molecule has 0 spiro atoms. The van der Waals surface area contributed by atoms with Crippen molar-refractivity contribution >= 4 is 27.3 Å². The Hall–Kier alpha value is -3.32. The second-order valence-electron chi connectivity index (χ2n) is 6.86. The Balaban J connectivity index is 1.75. The molecule has 0 atom stereocenters. The van der Waals surface area contributed by atoms with E-state index in [1.807, 2.05) is 13.0 Å². The molecule has 1 amide bonds.